The van der Waals surface area contributed by atoms with Crippen molar-refractivity contribution in [1.82, 2.24) is 14.9 Å². The van der Waals surface area contributed by atoms with E-state index in [-0.39, 0.29) is 51.4 Å². The predicted molar refractivity (Wildman–Crippen MR) is 137 cm³/mol. The first kappa shape index (κ1) is 25.8. The lowest BCUT2D eigenvalue weighted by molar-refractivity contribution is 0.0202. The number of nitrogens with zero attached hydrogens (tertiary/aromatic N) is 3. The highest BCUT2D eigenvalue weighted by molar-refractivity contribution is 7.92. The first-order valence-electron chi connectivity index (χ1n) is 12.5. The fraction of sp³-hybridized carbons (Fsp3) is 0.560. The van der Waals surface area contributed by atoms with Crippen LogP contribution in [0.15, 0.2) is 29.4 Å². The molecule has 3 aliphatic rings. The van der Waals surface area contributed by atoms with Crippen molar-refractivity contribution < 1.29 is 27.4 Å². The molecule has 1 saturated carbocycles. The van der Waals surface area contributed by atoms with Gasteiger partial charge in [-0.3, -0.25) is 0 Å². The summed E-state index contributed by atoms with van der Waals surface area (Å²) in [4.78, 5) is 23.2. The van der Waals surface area contributed by atoms with Crippen LogP contribution in [0.2, 0.25) is 5.02 Å². The number of hydrogen-bond donors (Lipinski definition) is 1. The molecular formula is C25H31ClN4O6S. The number of amides is 1. The second-order valence-corrected chi connectivity index (χ2v) is 12.6. The van der Waals surface area contributed by atoms with Gasteiger partial charge in [0.15, 0.2) is 15.7 Å². The van der Waals surface area contributed by atoms with Crippen LogP contribution in [0.3, 0.4) is 0 Å². The third-order valence-corrected chi connectivity index (χ3v) is 9.55. The van der Waals surface area contributed by atoms with Crippen molar-refractivity contribution in [3.8, 4) is 11.6 Å². The standard InChI is InChI=1S/C25H31ClN4O6S/c1-14(2)35-25(31)30-15-4-5-16(30)11-17(10-15)36-24-22(34-3)23(27-13-28-24)29-21-9-8-19(12-20(21)26)37(32,33)18-6-7-18/h8-9,12-18H,4-7,10-11H2,1-3H3,(H,27,28,29)/t15-,16?,17?/m0/s1. The molecule has 2 aromatic rings. The lowest BCUT2D eigenvalue weighted by Gasteiger charge is -2.38. The number of halogens is 1. The summed E-state index contributed by atoms with van der Waals surface area (Å²) in [5.74, 6) is 0.932. The third-order valence-electron chi connectivity index (χ3n) is 6.98. The first-order chi connectivity index (χ1) is 17.7. The summed E-state index contributed by atoms with van der Waals surface area (Å²) in [5, 5.41) is 3.05. The molecule has 3 atom stereocenters. The summed E-state index contributed by atoms with van der Waals surface area (Å²) in [6.07, 6.45) is 5.32. The summed E-state index contributed by atoms with van der Waals surface area (Å²) in [6.45, 7) is 3.70. The summed E-state index contributed by atoms with van der Waals surface area (Å²) >= 11 is 6.43. The minimum Gasteiger partial charge on any atom is -0.489 e. The van der Waals surface area contributed by atoms with E-state index in [1.54, 1.807) is 12.1 Å². The molecule has 1 aromatic carbocycles. The average Bonchev–Trinajstić information content (AvgIpc) is 3.66. The van der Waals surface area contributed by atoms with Crippen LogP contribution in [-0.2, 0) is 14.6 Å². The molecule has 2 bridgehead atoms. The van der Waals surface area contributed by atoms with Crippen LogP contribution >= 0.6 is 11.6 Å². The first-order valence-corrected chi connectivity index (χ1v) is 14.4. The van der Waals surface area contributed by atoms with Gasteiger partial charge in [0.1, 0.15) is 12.4 Å². The second-order valence-electron chi connectivity index (χ2n) is 10.0. The molecule has 1 aromatic heterocycles. The molecule has 3 heterocycles. The number of aromatic nitrogens is 2. The van der Waals surface area contributed by atoms with Crippen LogP contribution in [0, 0.1) is 0 Å². The Labute approximate surface area is 221 Å². The summed E-state index contributed by atoms with van der Waals surface area (Å²) in [5.41, 5.74) is 0.481. The van der Waals surface area contributed by atoms with Crippen molar-refractivity contribution in [3.63, 3.8) is 0 Å². The Bertz CT molecular complexity index is 1270. The highest BCUT2D eigenvalue weighted by atomic mass is 35.5. The number of hydrogen-bond acceptors (Lipinski definition) is 9. The van der Waals surface area contributed by atoms with Crippen molar-refractivity contribution in [2.24, 2.45) is 0 Å². The molecule has 1 amide bonds. The van der Waals surface area contributed by atoms with E-state index >= 15 is 0 Å². The molecule has 37 heavy (non-hydrogen) atoms. The SMILES string of the molecule is COc1c(Nc2ccc(S(=O)(=O)C3CC3)cc2Cl)ncnc1OC1CC2CC[C@@H](C1)N2C(=O)OC(C)C. The minimum absolute atomic E-state index is 0.0599. The topological polar surface area (TPSA) is 120 Å². The van der Waals surface area contributed by atoms with E-state index in [4.69, 9.17) is 25.8 Å². The van der Waals surface area contributed by atoms with E-state index in [0.29, 0.717) is 42.9 Å². The zero-order valence-electron chi connectivity index (χ0n) is 21.0. The van der Waals surface area contributed by atoms with Crippen molar-refractivity contribution in [3.05, 3.63) is 29.5 Å². The Kier molecular flexibility index (Phi) is 7.10. The zero-order chi connectivity index (χ0) is 26.3. The van der Waals surface area contributed by atoms with Crippen LogP contribution in [0.25, 0.3) is 0 Å². The van der Waals surface area contributed by atoms with E-state index < -0.39 is 9.84 Å². The van der Waals surface area contributed by atoms with E-state index in [9.17, 15) is 13.2 Å². The predicted octanol–water partition coefficient (Wildman–Crippen LogP) is 4.74. The molecule has 5 rings (SSSR count). The van der Waals surface area contributed by atoms with E-state index in [1.807, 2.05) is 18.7 Å². The second kappa shape index (κ2) is 10.2. The quantitative estimate of drug-likeness (QED) is 0.497. The van der Waals surface area contributed by atoms with Crippen LogP contribution in [0.1, 0.15) is 52.4 Å². The van der Waals surface area contributed by atoms with Crippen LogP contribution < -0.4 is 14.8 Å². The Morgan fingerprint density at radius 3 is 2.43 bits per heavy atom. The van der Waals surface area contributed by atoms with Gasteiger partial charge in [-0.1, -0.05) is 11.6 Å². The number of piperidine rings is 1. The maximum Gasteiger partial charge on any atom is 0.410 e. The molecule has 2 aliphatic heterocycles. The molecule has 12 heteroatoms. The number of rotatable bonds is 8. The molecule has 3 fully saturated rings. The lowest BCUT2D eigenvalue weighted by Crippen LogP contribution is -2.49. The van der Waals surface area contributed by atoms with Gasteiger partial charge in [0, 0.05) is 24.9 Å². The normalized spacial score (nSPS) is 23.2. The molecule has 1 N–H and O–H groups in total. The average molecular weight is 551 g/mol. The largest absolute Gasteiger partial charge is 0.489 e. The fourth-order valence-corrected chi connectivity index (χ4v) is 7.10. The van der Waals surface area contributed by atoms with E-state index in [0.717, 1.165) is 12.8 Å². The molecule has 0 radical (unpaired) electrons. The minimum atomic E-state index is -3.35. The number of methoxy groups -OCH3 is 1. The van der Waals surface area contributed by atoms with Crippen molar-refractivity contribution in [2.45, 2.75) is 86.8 Å². The molecule has 0 spiro atoms. The third kappa shape index (κ3) is 5.29. The van der Waals surface area contributed by atoms with Crippen LogP contribution in [-0.4, -0.2) is 66.0 Å². The maximum absolute atomic E-state index is 12.6. The highest BCUT2D eigenvalue weighted by Crippen LogP contribution is 2.41. The lowest BCUT2D eigenvalue weighted by atomic mass is 10.0. The number of carbonyl (C=O) groups is 1. The van der Waals surface area contributed by atoms with Gasteiger partial charge in [-0.25, -0.2) is 18.2 Å². The van der Waals surface area contributed by atoms with Crippen molar-refractivity contribution in [2.75, 3.05) is 12.4 Å². The number of sulfone groups is 1. The maximum atomic E-state index is 12.6. The molecule has 2 saturated heterocycles. The van der Waals surface area contributed by atoms with E-state index in [1.165, 1.54) is 19.5 Å². The molecule has 2 unspecified atom stereocenters. The number of benzene rings is 1. The summed E-state index contributed by atoms with van der Waals surface area (Å²) in [6, 6.07) is 4.73. The number of anilines is 2. The fourth-order valence-electron chi connectivity index (χ4n) is 5.13. The van der Waals surface area contributed by atoms with Gasteiger partial charge < -0.3 is 24.4 Å². The zero-order valence-corrected chi connectivity index (χ0v) is 22.6. The van der Waals surface area contributed by atoms with Crippen molar-refractivity contribution >= 4 is 39.0 Å². The highest BCUT2D eigenvalue weighted by Gasteiger charge is 2.45. The number of fused-ring (bicyclic) bond motifs is 2. The van der Waals surface area contributed by atoms with Gasteiger partial charge in [-0.05, 0) is 57.7 Å². The van der Waals surface area contributed by atoms with Gasteiger partial charge in [0.25, 0.3) is 5.88 Å². The van der Waals surface area contributed by atoms with Gasteiger partial charge >= 0.3 is 6.09 Å². The molecule has 200 valence electrons. The van der Waals surface area contributed by atoms with Crippen LogP contribution in [0.4, 0.5) is 16.3 Å². The number of carbonyl (C=O) groups excluding carboxylic acids is 1. The Balaban J connectivity index is 1.30. The van der Waals surface area contributed by atoms with Gasteiger partial charge in [-0.15, -0.1) is 0 Å². The number of ether oxygens (including phenoxy) is 3. The van der Waals surface area contributed by atoms with Crippen LogP contribution in [0.5, 0.6) is 11.6 Å². The van der Waals surface area contributed by atoms with Gasteiger partial charge in [-0.2, -0.15) is 4.98 Å². The van der Waals surface area contributed by atoms with Crippen molar-refractivity contribution in [1.29, 1.82) is 0 Å². The molecular weight excluding hydrogens is 520 g/mol. The van der Waals surface area contributed by atoms with Gasteiger partial charge in [0.05, 0.1) is 34.1 Å². The Morgan fingerprint density at radius 2 is 1.84 bits per heavy atom. The van der Waals surface area contributed by atoms with E-state index in [2.05, 4.69) is 15.3 Å². The number of nitrogens with one attached hydrogen (secondary N) is 1. The monoisotopic (exact) mass is 550 g/mol. The molecule has 10 nitrogen and oxygen atoms in total. The smallest absolute Gasteiger partial charge is 0.410 e. The summed E-state index contributed by atoms with van der Waals surface area (Å²) < 4.78 is 42.4. The summed E-state index contributed by atoms with van der Waals surface area (Å²) in [7, 11) is -1.85. The Hall–Kier alpha value is -2.79. The van der Waals surface area contributed by atoms with Gasteiger partial charge in [0.2, 0.25) is 5.75 Å². The molecule has 1 aliphatic carbocycles. The Morgan fingerprint density at radius 1 is 1.14 bits per heavy atom.